The van der Waals surface area contributed by atoms with Gasteiger partial charge in [0.2, 0.25) is 0 Å². The molecule has 1 aromatic carbocycles. The van der Waals surface area contributed by atoms with E-state index in [1.54, 1.807) is 18.1 Å². The van der Waals surface area contributed by atoms with Crippen molar-refractivity contribution < 1.29 is 19.4 Å². The first-order chi connectivity index (χ1) is 11.5. The number of thioether (sulfide) groups is 1. The summed E-state index contributed by atoms with van der Waals surface area (Å²) < 4.78 is 5.71. The lowest BCUT2D eigenvalue weighted by Crippen LogP contribution is -2.29. The summed E-state index contributed by atoms with van der Waals surface area (Å²) in [5.41, 5.74) is 0.879. The van der Waals surface area contributed by atoms with Crippen molar-refractivity contribution in [2.75, 3.05) is 13.7 Å². The zero-order valence-corrected chi connectivity index (χ0v) is 15.0. The van der Waals surface area contributed by atoms with Crippen LogP contribution < -0.4 is 9.84 Å². The molecular weight excluding hydrogens is 346 g/mol. The van der Waals surface area contributed by atoms with Crippen LogP contribution >= 0.6 is 24.0 Å². The van der Waals surface area contributed by atoms with E-state index in [1.807, 2.05) is 24.3 Å². The molecule has 1 saturated heterocycles. The molecule has 0 N–H and O–H groups in total. The van der Waals surface area contributed by atoms with E-state index in [-0.39, 0.29) is 12.3 Å². The minimum Gasteiger partial charge on any atom is -0.550 e. The molecule has 0 saturated carbocycles. The lowest BCUT2D eigenvalue weighted by Gasteiger charge is -2.14. The van der Waals surface area contributed by atoms with Gasteiger partial charge in [0.25, 0.3) is 5.91 Å². The third-order valence-corrected chi connectivity index (χ3v) is 4.91. The van der Waals surface area contributed by atoms with E-state index in [0.717, 1.165) is 17.7 Å². The largest absolute Gasteiger partial charge is 0.550 e. The maximum Gasteiger partial charge on any atom is 0.266 e. The summed E-state index contributed by atoms with van der Waals surface area (Å²) in [4.78, 5) is 25.0. The molecule has 0 unspecified atom stereocenters. The second-order valence-corrected chi connectivity index (χ2v) is 6.97. The Morgan fingerprint density at radius 3 is 2.88 bits per heavy atom. The fraction of sp³-hybridized carbons (Fsp3) is 0.353. The van der Waals surface area contributed by atoms with E-state index in [9.17, 15) is 14.7 Å². The number of hydrogen-bond donors (Lipinski definition) is 0. The number of aliphatic carboxylic acids is 1. The molecule has 0 aromatic heterocycles. The minimum absolute atomic E-state index is 0.0497. The number of hydrogen-bond acceptors (Lipinski definition) is 6. The van der Waals surface area contributed by atoms with Gasteiger partial charge in [-0.15, -0.1) is 0 Å². The van der Waals surface area contributed by atoms with E-state index >= 15 is 0 Å². The van der Waals surface area contributed by atoms with E-state index in [1.165, 1.54) is 11.8 Å². The summed E-state index contributed by atoms with van der Waals surface area (Å²) in [5.74, 6) is -0.415. The van der Waals surface area contributed by atoms with Crippen LogP contribution in [-0.2, 0) is 9.59 Å². The molecule has 1 heterocycles. The van der Waals surface area contributed by atoms with Crippen molar-refractivity contribution in [3.05, 3.63) is 34.7 Å². The van der Waals surface area contributed by atoms with E-state index in [2.05, 4.69) is 0 Å². The van der Waals surface area contributed by atoms with Crippen molar-refractivity contribution in [2.45, 2.75) is 25.7 Å². The molecule has 0 aliphatic carbocycles. The summed E-state index contributed by atoms with van der Waals surface area (Å²) in [7, 11) is 1.60. The predicted molar refractivity (Wildman–Crippen MR) is 96.3 cm³/mol. The monoisotopic (exact) mass is 364 g/mol. The Morgan fingerprint density at radius 2 is 2.17 bits per heavy atom. The van der Waals surface area contributed by atoms with Gasteiger partial charge in [0, 0.05) is 12.5 Å². The molecule has 1 aliphatic rings. The normalized spacial score (nSPS) is 16.0. The van der Waals surface area contributed by atoms with Crippen molar-refractivity contribution in [1.29, 1.82) is 0 Å². The topological polar surface area (TPSA) is 69.7 Å². The van der Waals surface area contributed by atoms with Crippen LogP contribution in [0.2, 0.25) is 0 Å². The summed E-state index contributed by atoms with van der Waals surface area (Å²) >= 11 is 6.56. The predicted octanol–water partition coefficient (Wildman–Crippen LogP) is 2.21. The number of ether oxygens (including phenoxy) is 1. The second kappa shape index (κ2) is 8.84. The van der Waals surface area contributed by atoms with Crippen LogP contribution in [0.15, 0.2) is 29.2 Å². The van der Waals surface area contributed by atoms with Gasteiger partial charge in [-0.3, -0.25) is 9.69 Å². The number of carboxylic acid groups (broad SMARTS) is 1. The highest BCUT2D eigenvalue weighted by atomic mass is 32.2. The fourth-order valence-electron chi connectivity index (χ4n) is 2.29. The lowest BCUT2D eigenvalue weighted by atomic mass is 10.2. The molecule has 1 amide bonds. The van der Waals surface area contributed by atoms with Gasteiger partial charge in [0.1, 0.15) is 10.1 Å². The van der Waals surface area contributed by atoms with Gasteiger partial charge in [-0.25, -0.2) is 0 Å². The molecule has 1 fully saturated rings. The van der Waals surface area contributed by atoms with Gasteiger partial charge < -0.3 is 14.6 Å². The molecular formula is C17H18NO4S2-. The molecule has 7 heteroatoms. The SMILES string of the molecule is COc1cccc(/C=C2\SC(=S)N(CCCCCC(=O)[O-])C2=O)c1. The molecule has 0 spiro atoms. The molecule has 0 radical (unpaired) electrons. The summed E-state index contributed by atoms with van der Waals surface area (Å²) in [6.45, 7) is 0.507. The van der Waals surface area contributed by atoms with Gasteiger partial charge in [-0.1, -0.05) is 42.5 Å². The third-order valence-electron chi connectivity index (χ3n) is 3.53. The summed E-state index contributed by atoms with van der Waals surface area (Å²) in [6.07, 6.45) is 3.84. The van der Waals surface area contributed by atoms with E-state index in [0.29, 0.717) is 28.6 Å². The Morgan fingerprint density at radius 1 is 1.38 bits per heavy atom. The summed E-state index contributed by atoms with van der Waals surface area (Å²) in [5, 5.41) is 10.4. The second-order valence-electron chi connectivity index (χ2n) is 5.29. The van der Waals surface area contributed by atoms with Crippen molar-refractivity contribution in [3.63, 3.8) is 0 Å². The van der Waals surface area contributed by atoms with Gasteiger partial charge in [0.05, 0.1) is 12.0 Å². The number of unbranched alkanes of at least 4 members (excludes halogenated alkanes) is 2. The first-order valence-electron chi connectivity index (χ1n) is 7.60. The van der Waals surface area contributed by atoms with Crippen molar-refractivity contribution in [1.82, 2.24) is 4.90 Å². The van der Waals surface area contributed by atoms with Gasteiger partial charge in [0.15, 0.2) is 0 Å². The Hall–Kier alpha value is -1.86. The molecule has 128 valence electrons. The number of methoxy groups -OCH3 is 1. The average Bonchev–Trinajstić information content (AvgIpc) is 2.81. The fourth-order valence-corrected chi connectivity index (χ4v) is 3.60. The minimum atomic E-state index is -1.04. The highest BCUT2D eigenvalue weighted by molar-refractivity contribution is 8.26. The van der Waals surface area contributed by atoms with Crippen molar-refractivity contribution >= 4 is 46.3 Å². The number of amides is 1. The zero-order chi connectivity index (χ0) is 17.5. The number of carbonyl (C=O) groups excluding carboxylic acids is 2. The molecule has 0 bridgehead atoms. The van der Waals surface area contributed by atoms with Crippen LogP contribution in [0.25, 0.3) is 6.08 Å². The average molecular weight is 364 g/mol. The number of carboxylic acids is 1. The highest BCUT2D eigenvalue weighted by Crippen LogP contribution is 2.33. The Labute approximate surface area is 150 Å². The lowest BCUT2D eigenvalue weighted by molar-refractivity contribution is -0.305. The van der Waals surface area contributed by atoms with E-state index in [4.69, 9.17) is 17.0 Å². The zero-order valence-electron chi connectivity index (χ0n) is 13.3. The Kier molecular flexibility index (Phi) is 6.81. The number of benzene rings is 1. The quantitative estimate of drug-likeness (QED) is 0.400. The number of nitrogens with zero attached hydrogens (tertiary/aromatic N) is 1. The Balaban J connectivity index is 1.95. The highest BCUT2D eigenvalue weighted by Gasteiger charge is 2.31. The smallest absolute Gasteiger partial charge is 0.266 e. The maximum absolute atomic E-state index is 12.5. The number of rotatable bonds is 8. The third kappa shape index (κ3) is 5.07. The van der Waals surface area contributed by atoms with Crippen LogP contribution in [0.5, 0.6) is 5.75 Å². The first-order valence-corrected chi connectivity index (χ1v) is 8.83. The first kappa shape index (κ1) is 18.5. The van der Waals surface area contributed by atoms with Gasteiger partial charge >= 0.3 is 0 Å². The molecule has 0 atom stereocenters. The van der Waals surface area contributed by atoms with Crippen LogP contribution in [0.1, 0.15) is 31.2 Å². The summed E-state index contributed by atoms with van der Waals surface area (Å²) in [6, 6.07) is 7.46. The van der Waals surface area contributed by atoms with Gasteiger partial charge in [-0.05, 0) is 43.0 Å². The van der Waals surface area contributed by atoms with Crippen molar-refractivity contribution in [3.8, 4) is 5.75 Å². The van der Waals surface area contributed by atoms with Crippen LogP contribution in [0.3, 0.4) is 0 Å². The van der Waals surface area contributed by atoms with Crippen molar-refractivity contribution in [2.24, 2.45) is 0 Å². The van der Waals surface area contributed by atoms with Gasteiger partial charge in [-0.2, -0.15) is 0 Å². The Bertz CT molecular complexity index is 672. The molecule has 5 nitrogen and oxygen atoms in total. The van der Waals surface area contributed by atoms with Crippen LogP contribution in [0, 0.1) is 0 Å². The molecule has 1 aromatic rings. The number of carbonyl (C=O) groups is 2. The molecule has 1 aliphatic heterocycles. The van der Waals surface area contributed by atoms with Crippen LogP contribution in [0.4, 0.5) is 0 Å². The molecule has 24 heavy (non-hydrogen) atoms. The molecule has 2 rings (SSSR count). The van der Waals surface area contributed by atoms with Crippen LogP contribution in [-0.4, -0.2) is 34.8 Å². The van der Waals surface area contributed by atoms with E-state index < -0.39 is 5.97 Å². The standard InChI is InChI=1S/C17H19NO4S2/c1-22-13-7-5-6-12(10-13)11-14-16(21)18(17(23)24-14)9-4-2-3-8-15(19)20/h5-7,10-11H,2-4,8-9H2,1H3,(H,19,20)/p-1/b14-11-. The number of thiocarbonyl (C=S) groups is 1. The maximum atomic E-state index is 12.5.